The molecule has 4 nitrogen and oxygen atoms in total. The summed E-state index contributed by atoms with van der Waals surface area (Å²) >= 11 is 1.57. The van der Waals surface area contributed by atoms with E-state index in [9.17, 15) is 9.59 Å². The molecular weight excluding hydrogens is 250 g/mol. The number of nitrogens with zero attached hydrogens (tertiary/aromatic N) is 1. The number of carbonyl (C=O) groups excluding carboxylic acids is 1. The van der Waals surface area contributed by atoms with Crippen LogP contribution < -0.4 is 0 Å². The number of thiophene rings is 1. The Morgan fingerprint density at radius 2 is 2.22 bits per heavy atom. The molecule has 0 fully saturated rings. The van der Waals surface area contributed by atoms with Crippen LogP contribution in [0.2, 0.25) is 0 Å². The van der Waals surface area contributed by atoms with Crippen molar-refractivity contribution < 1.29 is 14.7 Å². The lowest BCUT2D eigenvalue weighted by Gasteiger charge is -2.17. The minimum atomic E-state index is -0.896. The van der Waals surface area contributed by atoms with Gasteiger partial charge in [0.1, 0.15) is 0 Å². The second-order valence-electron chi connectivity index (χ2n) is 4.26. The fourth-order valence-corrected chi connectivity index (χ4v) is 2.23. The summed E-state index contributed by atoms with van der Waals surface area (Å²) < 4.78 is 0. The average molecular weight is 267 g/mol. The zero-order chi connectivity index (χ0) is 13.7. The molecule has 0 radical (unpaired) electrons. The second kappa shape index (κ2) is 6.35. The van der Waals surface area contributed by atoms with E-state index in [1.807, 2.05) is 18.4 Å². The van der Waals surface area contributed by atoms with Gasteiger partial charge in [0.2, 0.25) is 5.91 Å². The number of aryl methyl sites for hydroxylation is 1. The van der Waals surface area contributed by atoms with Crippen molar-refractivity contribution in [2.45, 2.75) is 13.8 Å². The van der Waals surface area contributed by atoms with Gasteiger partial charge in [0.25, 0.3) is 0 Å². The van der Waals surface area contributed by atoms with Crippen LogP contribution in [0.3, 0.4) is 0 Å². The SMILES string of the molecule is Cc1ccsc1/C=C/C(=O)N(C)CC(C)C(=O)O. The van der Waals surface area contributed by atoms with Gasteiger partial charge in [-0.2, -0.15) is 0 Å². The zero-order valence-electron chi connectivity index (χ0n) is 10.7. The molecule has 0 saturated carbocycles. The van der Waals surface area contributed by atoms with Crippen LogP contribution >= 0.6 is 11.3 Å². The Labute approximate surface area is 111 Å². The van der Waals surface area contributed by atoms with Crippen molar-refractivity contribution in [3.63, 3.8) is 0 Å². The van der Waals surface area contributed by atoms with E-state index in [-0.39, 0.29) is 12.5 Å². The van der Waals surface area contributed by atoms with Crippen molar-refractivity contribution >= 4 is 29.3 Å². The van der Waals surface area contributed by atoms with Crippen molar-refractivity contribution in [2.24, 2.45) is 5.92 Å². The third-order valence-electron chi connectivity index (χ3n) is 2.62. The first-order valence-corrected chi connectivity index (χ1v) is 6.50. The van der Waals surface area contributed by atoms with E-state index in [0.29, 0.717) is 0 Å². The summed E-state index contributed by atoms with van der Waals surface area (Å²) in [6.07, 6.45) is 3.25. The summed E-state index contributed by atoms with van der Waals surface area (Å²) in [7, 11) is 1.60. The summed E-state index contributed by atoms with van der Waals surface area (Å²) in [5.41, 5.74) is 1.13. The maximum absolute atomic E-state index is 11.8. The molecule has 5 heteroatoms. The largest absolute Gasteiger partial charge is 0.481 e. The Kier molecular flexibility index (Phi) is 5.09. The minimum absolute atomic E-state index is 0.184. The molecule has 1 N–H and O–H groups in total. The van der Waals surface area contributed by atoms with Gasteiger partial charge in [0.15, 0.2) is 0 Å². The third kappa shape index (κ3) is 4.00. The van der Waals surface area contributed by atoms with Crippen LogP contribution in [0.1, 0.15) is 17.4 Å². The number of hydrogen-bond donors (Lipinski definition) is 1. The smallest absolute Gasteiger partial charge is 0.308 e. The Bertz CT molecular complexity index is 465. The normalized spacial score (nSPS) is 12.6. The lowest BCUT2D eigenvalue weighted by molar-refractivity contribution is -0.142. The molecule has 0 aromatic carbocycles. The predicted octanol–water partition coefficient (Wildman–Crippen LogP) is 2.25. The second-order valence-corrected chi connectivity index (χ2v) is 5.21. The van der Waals surface area contributed by atoms with Crippen LogP contribution in [0.25, 0.3) is 6.08 Å². The summed E-state index contributed by atoms with van der Waals surface area (Å²) in [6, 6.07) is 1.99. The molecule has 98 valence electrons. The number of amides is 1. The molecule has 1 aromatic rings. The summed E-state index contributed by atoms with van der Waals surface area (Å²) in [5, 5.41) is 10.7. The van der Waals surface area contributed by atoms with Crippen LogP contribution in [0.4, 0.5) is 0 Å². The summed E-state index contributed by atoms with van der Waals surface area (Å²) in [6.45, 7) is 3.78. The van der Waals surface area contributed by atoms with E-state index in [1.54, 1.807) is 31.4 Å². The number of aliphatic carboxylic acids is 1. The van der Waals surface area contributed by atoms with E-state index in [0.717, 1.165) is 10.4 Å². The number of carboxylic acid groups (broad SMARTS) is 1. The maximum atomic E-state index is 11.8. The predicted molar refractivity (Wildman–Crippen MR) is 72.5 cm³/mol. The summed E-state index contributed by atoms with van der Waals surface area (Å²) in [5.74, 6) is -1.64. The van der Waals surface area contributed by atoms with Crippen molar-refractivity contribution in [3.05, 3.63) is 28.0 Å². The van der Waals surface area contributed by atoms with Gasteiger partial charge < -0.3 is 10.0 Å². The number of rotatable bonds is 5. The molecule has 1 atom stereocenters. The van der Waals surface area contributed by atoms with Gasteiger partial charge in [-0.15, -0.1) is 11.3 Å². The number of hydrogen-bond acceptors (Lipinski definition) is 3. The molecule has 0 saturated heterocycles. The standard InChI is InChI=1S/C13H17NO3S/c1-9-6-7-18-11(9)4-5-12(15)14(3)8-10(2)13(16)17/h4-7,10H,8H2,1-3H3,(H,16,17)/b5-4+. The highest BCUT2D eigenvalue weighted by molar-refractivity contribution is 7.11. The number of carbonyl (C=O) groups is 2. The van der Waals surface area contributed by atoms with Gasteiger partial charge in [-0.3, -0.25) is 9.59 Å². The van der Waals surface area contributed by atoms with Crippen molar-refractivity contribution in [1.82, 2.24) is 4.90 Å². The first-order valence-electron chi connectivity index (χ1n) is 5.62. The van der Waals surface area contributed by atoms with Gasteiger partial charge in [-0.05, 0) is 30.0 Å². The van der Waals surface area contributed by atoms with Crippen LogP contribution in [0.15, 0.2) is 17.5 Å². The molecule has 18 heavy (non-hydrogen) atoms. The minimum Gasteiger partial charge on any atom is -0.481 e. The van der Waals surface area contributed by atoms with Crippen LogP contribution in [0.5, 0.6) is 0 Å². The van der Waals surface area contributed by atoms with Gasteiger partial charge in [0, 0.05) is 24.5 Å². The number of likely N-dealkylation sites (N-methyl/N-ethyl adjacent to an activating group) is 1. The highest BCUT2D eigenvalue weighted by atomic mass is 32.1. The fourth-order valence-electron chi connectivity index (χ4n) is 1.41. The molecular formula is C13H17NO3S. The molecule has 0 spiro atoms. The molecule has 1 aromatic heterocycles. The monoisotopic (exact) mass is 267 g/mol. The van der Waals surface area contributed by atoms with E-state index in [1.165, 1.54) is 11.0 Å². The average Bonchev–Trinajstić information content (AvgIpc) is 2.71. The van der Waals surface area contributed by atoms with Gasteiger partial charge in [0.05, 0.1) is 5.92 Å². The summed E-state index contributed by atoms with van der Waals surface area (Å²) in [4.78, 5) is 24.9. The first kappa shape index (κ1) is 14.4. The van der Waals surface area contributed by atoms with E-state index >= 15 is 0 Å². The lowest BCUT2D eigenvalue weighted by Crippen LogP contribution is -2.32. The van der Waals surface area contributed by atoms with E-state index < -0.39 is 11.9 Å². The number of carboxylic acids is 1. The van der Waals surface area contributed by atoms with Crippen molar-refractivity contribution in [2.75, 3.05) is 13.6 Å². The Hall–Kier alpha value is -1.62. The molecule has 0 aliphatic heterocycles. The van der Waals surface area contributed by atoms with Gasteiger partial charge >= 0.3 is 5.97 Å². The van der Waals surface area contributed by atoms with Crippen LogP contribution in [-0.4, -0.2) is 35.5 Å². The first-order chi connectivity index (χ1) is 8.41. The highest BCUT2D eigenvalue weighted by Crippen LogP contribution is 2.17. The van der Waals surface area contributed by atoms with Gasteiger partial charge in [-0.25, -0.2) is 0 Å². The molecule has 1 rings (SSSR count). The van der Waals surface area contributed by atoms with E-state index in [2.05, 4.69) is 0 Å². The fraction of sp³-hybridized carbons (Fsp3) is 0.385. The van der Waals surface area contributed by atoms with Crippen LogP contribution in [0, 0.1) is 12.8 Å². The molecule has 1 amide bonds. The molecule has 0 aliphatic carbocycles. The van der Waals surface area contributed by atoms with Gasteiger partial charge in [-0.1, -0.05) is 6.92 Å². The van der Waals surface area contributed by atoms with Crippen molar-refractivity contribution in [1.29, 1.82) is 0 Å². The quantitative estimate of drug-likeness (QED) is 0.832. The van der Waals surface area contributed by atoms with E-state index in [4.69, 9.17) is 5.11 Å². The lowest BCUT2D eigenvalue weighted by atomic mass is 10.2. The zero-order valence-corrected chi connectivity index (χ0v) is 11.5. The van der Waals surface area contributed by atoms with Crippen LogP contribution in [-0.2, 0) is 9.59 Å². The topological polar surface area (TPSA) is 57.6 Å². The Morgan fingerprint density at radius 1 is 1.56 bits per heavy atom. The van der Waals surface area contributed by atoms with Crippen molar-refractivity contribution in [3.8, 4) is 0 Å². The molecule has 1 heterocycles. The molecule has 0 bridgehead atoms. The third-order valence-corrected chi connectivity index (χ3v) is 3.61. The highest BCUT2D eigenvalue weighted by Gasteiger charge is 2.15. The maximum Gasteiger partial charge on any atom is 0.308 e. The Balaban J connectivity index is 2.58. The molecule has 0 aliphatic rings. The molecule has 1 unspecified atom stereocenters. The Morgan fingerprint density at radius 3 is 2.72 bits per heavy atom.